The highest BCUT2D eigenvalue weighted by atomic mass is 32.2. The van der Waals surface area contributed by atoms with E-state index in [1.165, 1.54) is 0 Å². The number of carbonyl (C=O) groups is 1. The molecule has 1 aliphatic heterocycles. The molecule has 29 heavy (non-hydrogen) atoms. The highest BCUT2D eigenvalue weighted by molar-refractivity contribution is 7.99. The highest BCUT2D eigenvalue weighted by Crippen LogP contribution is 2.25. The number of H-pyrrole nitrogens is 2. The minimum atomic E-state index is -0.275. The number of hydrogen-bond donors (Lipinski definition) is 2. The molecule has 1 aliphatic rings. The molecule has 0 unspecified atom stereocenters. The number of thioether (sulfide) groups is 2. The Morgan fingerprint density at radius 1 is 1.17 bits per heavy atom. The fraction of sp³-hybridized carbons (Fsp3) is 0.368. The van der Waals surface area contributed by atoms with E-state index < -0.39 is 0 Å². The van der Waals surface area contributed by atoms with E-state index in [2.05, 4.69) is 25.1 Å². The Balaban J connectivity index is 1.19. The predicted molar refractivity (Wildman–Crippen MR) is 112 cm³/mol. The van der Waals surface area contributed by atoms with Crippen molar-refractivity contribution in [3.05, 3.63) is 48.5 Å². The average Bonchev–Trinajstić information content (AvgIpc) is 3.46. The van der Waals surface area contributed by atoms with Crippen LogP contribution in [0.25, 0.3) is 0 Å². The first kappa shape index (κ1) is 19.8. The van der Waals surface area contributed by atoms with E-state index in [-0.39, 0.29) is 6.09 Å². The lowest BCUT2D eigenvalue weighted by Crippen LogP contribution is -2.40. The monoisotopic (exact) mass is 430 g/mol. The van der Waals surface area contributed by atoms with Gasteiger partial charge in [0.05, 0.1) is 0 Å². The third-order valence-electron chi connectivity index (χ3n) is 4.69. The van der Waals surface area contributed by atoms with Crippen LogP contribution in [0.1, 0.15) is 18.4 Å². The van der Waals surface area contributed by atoms with E-state index in [1.54, 1.807) is 40.9 Å². The number of nitrogens with zero attached hydrogens (tertiary/aromatic N) is 4. The number of benzene rings is 1. The zero-order valence-electron chi connectivity index (χ0n) is 15.8. The molecule has 10 heteroatoms. The van der Waals surface area contributed by atoms with E-state index in [1.807, 2.05) is 30.5 Å². The first-order chi connectivity index (χ1) is 14.3. The Hall–Kier alpha value is -2.46. The van der Waals surface area contributed by atoms with Crippen molar-refractivity contribution in [3.8, 4) is 5.75 Å². The molecule has 0 atom stereocenters. The summed E-state index contributed by atoms with van der Waals surface area (Å²) >= 11 is 3.29. The van der Waals surface area contributed by atoms with Gasteiger partial charge < -0.3 is 14.6 Å². The van der Waals surface area contributed by atoms with E-state index in [4.69, 9.17) is 4.74 Å². The third-order valence-corrected chi connectivity index (χ3v) is 6.76. The Morgan fingerprint density at radius 2 is 2.00 bits per heavy atom. The van der Waals surface area contributed by atoms with Crippen LogP contribution in [0.3, 0.4) is 0 Å². The van der Waals surface area contributed by atoms with Crippen molar-refractivity contribution in [1.82, 2.24) is 30.0 Å². The van der Waals surface area contributed by atoms with Crippen LogP contribution in [0.15, 0.2) is 53.3 Å². The molecule has 8 nitrogen and oxygen atoms in total. The van der Waals surface area contributed by atoms with Crippen LogP contribution in [0.5, 0.6) is 5.75 Å². The second-order valence-corrected chi connectivity index (χ2v) is 8.67. The summed E-state index contributed by atoms with van der Waals surface area (Å²) in [5.41, 5.74) is 1.15. The van der Waals surface area contributed by atoms with Crippen LogP contribution < -0.4 is 4.74 Å². The lowest BCUT2D eigenvalue weighted by Gasteiger charge is -2.30. The second kappa shape index (κ2) is 9.84. The Labute approximate surface area is 177 Å². The number of piperidine rings is 1. The molecule has 0 aliphatic carbocycles. The minimum absolute atomic E-state index is 0.275. The second-order valence-electron chi connectivity index (χ2n) is 6.72. The summed E-state index contributed by atoms with van der Waals surface area (Å²) in [6, 6.07) is 7.64. The molecule has 2 N–H and O–H groups in total. The molecular weight excluding hydrogens is 408 g/mol. The van der Waals surface area contributed by atoms with Gasteiger partial charge in [0.1, 0.15) is 12.1 Å². The quantitative estimate of drug-likeness (QED) is 0.550. The fourth-order valence-corrected chi connectivity index (χ4v) is 4.79. The number of aromatic nitrogens is 5. The van der Waals surface area contributed by atoms with Crippen molar-refractivity contribution in [1.29, 1.82) is 0 Å². The number of imidazole rings is 1. The smallest absolute Gasteiger partial charge is 0.410 e. The average molecular weight is 431 g/mol. The van der Waals surface area contributed by atoms with Crippen LogP contribution in [-0.2, 0) is 5.75 Å². The molecular formula is C19H22N6O2S2. The summed E-state index contributed by atoms with van der Waals surface area (Å²) in [5.74, 6) is 2.91. The number of nitrogens with one attached hydrogen (secondary N) is 2. The summed E-state index contributed by atoms with van der Waals surface area (Å²) in [4.78, 5) is 25.6. The van der Waals surface area contributed by atoms with Gasteiger partial charge in [-0.2, -0.15) is 0 Å². The molecule has 2 aromatic heterocycles. The van der Waals surface area contributed by atoms with Gasteiger partial charge in [-0.1, -0.05) is 35.7 Å². The van der Waals surface area contributed by atoms with Gasteiger partial charge >= 0.3 is 6.09 Å². The molecule has 3 aromatic rings. The number of ether oxygens (including phenoxy) is 1. The van der Waals surface area contributed by atoms with Crippen LogP contribution in [-0.4, -0.2) is 55.0 Å². The van der Waals surface area contributed by atoms with Crippen molar-refractivity contribution in [3.63, 3.8) is 0 Å². The molecule has 152 valence electrons. The van der Waals surface area contributed by atoms with Gasteiger partial charge in [-0.25, -0.2) is 14.8 Å². The van der Waals surface area contributed by atoms with Crippen molar-refractivity contribution >= 4 is 29.6 Å². The molecule has 0 radical (unpaired) electrons. The van der Waals surface area contributed by atoms with Crippen LogP contribution >= 0.6 is 23.5 Å². The van der Waals surface area contributed by atoms with Crippen molar-refractivity contribution < 1.29 is 9.53 Å². The summed E-state index contributed by atoms with van der Waals surface area (Å²) in [6.45, 7) is 1.44. The van der Waals surface area contributed by atoms with E-state index in [0.29, 0.717) is 11.7 Å². The number of carbonyl (C=O) groups excluding carboxylic acids is 1. The predicted octanol–water partition coefficient (Wildman–Crippen LogP) is 3.82. The van der Waals surface area contributed by atoms with Crippen molar-refractivity contribution in [2.24, 2.45) is 5.92 Å². The highest BCUT2D eigenvalue weighted by Gasteiger charge is 2.24. The summed E-state index contributed by atoms with van der Waals surface area (Å²) in [7, 11) is 0. The van der Waals surface area contributed by atoms with Gasteiger partial charge in [0.2, 0.25) is 5.16 Å². The van der Waals surface area contributed by atoms with Gasteiger partial charge in [-0.15, -0.1) is 5.10 Å². The minimum Gasteiger partial charge on any atom is -0.410 e. The summed E-state index contributed by atoms with van der Waals surface area (Å²) in [5, 5.41) is 8.45. The first-order valence-electron chi connectivity index (χ1n) is 9.43. The molecule has 4 rings (SSSR count). The molecule has 0 saturated carbocycles. The lowest BCUT2D eigenvalue weighted by molar-refractivity contribution is 0.134. The number of aromatic amines is 2. The van der Waals surface area contributed by atoms with Gasteiger partial charge in [0.25, 0.3) is 0 Å². The van der Waals surface area contributed by atoms with Crippen molar-refractivity contribution in [2.45, 2.75) is 28.9 Å². The zero-order chi connectivity index (χ0) is 19.9. The maximum Gasteiger partial charge on any atom is 0.415 e. The Bertz CT molecular complexity index is 878. The number of likely N-dealkylation sites (tertiary alicyclic amines) is 1. The SMILES string of the molecule is O=C(Oc1ccc(CSc2ncc[nH]2)cc1)N1CCC(CSc2nc[nH]n2)CC1. The van der Waals surface area contributed by atoms with Gasteiger partial charge in [-0.05, 0) is 36.5 Å². The molecule has 3 heterocycles. The van der Waals surface area contributed by atoms with Crippen molar-refractivity contribution in [2.75, 3.05) is 18.8 Å². The zero-order valence-corrected chi connectivity index (χ0v) is 17.4. The molecule has 1 amide bonds. The molecule has 0 bridgehead atoms. The Morgan fingerprint density at radius 3 is 2.69 bits per heavy atom. The maximum atomic E-state index is 12.4. The number of amides is 1. The van der Waals surface area contributed by atoms with E-state index in [9.17, 15) is 4.79 Å². The van der Waals surface area contributed by atoms with E-state index in [0.717, 1.165) is 53.3 Å². The lowest BCUT2D eigenvalue weighted by atomic mass is 9.99. The Kier molecular flexibility index (Phi) is 6.73. The third kappa shape index (κ3) is 5.77. The van der Waals surface area contributed by atoms with Crippen LogP contribution in [0.2, 0.25) is 0 Å². The normalized spacial score (nSPS) is 14.8. The maximum absolute atomic E-state index is 12.4. The largest absolute Gasteiger partial charge is 0.415 e. The summed E-state index contributed by atoms with van der Waals surface area (Å²) < 4.78 is 5.55. The standard InChI is InChI=1S/C19H22N6O2S2/c26-19(25-9-5-15(6-10-25)12-29-18-22-13-23-24-18)27-16-3-1-14(2-4-16)11-28-17-20-7-8-21-17/h1-4,7-8,13,15H,5-6,9-12H2,(H,20,21)(H,22,23,24). The first-order valence-corrected chi connectivity index (χ1v) is 11.4. The number of rotatable bonds is 7. The molecule has 0 spiro atoms. The van der Waals surface area contributed by atoms with Crippen LogP contribution in [0, 0.1) is 5.92 Å². The van der Waals surface area contributed by atoms with Gasteiger partial charge in [0.15, 0.2) is 5.16 Å². The van der Waals surface area contributed by atoms with Crippen LogP contribution in [0.4, 0.5) is 4.79 Å². The fourth-order valence-electron chi connectivity index (χ4n) is 3.04. The van der Waals surface area contributed by atoms with Gasteiger partial charge in [0, 0.05) is 37.0 Å². The van der Waals surface area contributed by atoms with E-state index >= 15 is 0 Å². The topological polar surface area (TPSA) is 99.8 Å². The molecule has 1 fully saturated rings. The molecule has 1 saturated heterocycles. The molecule has 1 aromatic carbocycles. The van der Waals surface area contributed by atoms with Gasteiger partial charge in [-0.3, -0.25) is 5.10 Å². The number of hydrogen-bond acceptors (Lipinski definition) is 7. The summed E-state index contributed by atoms with van der Waals surface area (Å²) in [6.07, 6.45) is 6.80.